The van der Waals surface area contributed by atoms with Crippen LogP contribution in [0.2, 0.25) is 0 Å². The maximum atomic E-state index is 14.5. The van der Waals surface area contributed by atoms with Crippen molar-refractivity contribution in [2.75, 3.05) is 11.9 Å². The fraction of sp³-hybridized carbons (Fsp3) is 0.311. The monoisotopic (exact) mass is 844 g/mol. The third-order valence-corrected chi connectivity index (χ3v) is 11.2. The van der Waals surface area contributed by atoms with Crippen LogP contribution in [0.3, 0.4) is 0 Å². The van der Waals surface area contributed by atoms with Crippen molar-refractivity contribution in [1.29, 1.82) is 0 Å². The summed E-state index contributed by atoms with van der Waals surface area (Å²) in [5.41, 5.74) is 9.01. The average Bonchev–Trinajstić information content (AvgIpc) is 4.01. The number of likely N-dealkylation sites (tertiary alicyclic amines) is 1. The van der Waals surface area contributed by atoms with Gasteiger partial charge in [-0.15, -0.1) is 0 Å². The molecule has 4 heterocycles. The first-order valence-corrected chi connectivity index (χ1v) is 20.3. The number of aryl methyl sites for hydroxylation is 1. The van der Waals surface area contributed by atoms with Crippen LogP contribution in [-0.4, -0.2) is 87.2 Å². The number of para-hydroxylation sites is 1. The minimum absolute atomic E-state index is 0.0104. The number of phenols is 1. The van der Waals surface area contributed by atoms with Gasteiger partial charge >= 0.3 is 5.63 Å². The van der Waals surface area contributed by atoms with E-state index in [0.717, 1.165) is 16.5 Å². The second-order valence-corrected chi connectivity index (χ2v) is 15.8. The van der Waals surface area contributed by atoms with Crippen molar-refractivity contribution in [2.45, 2.75) is 82.1 Å². The Morgan fingerprint density at radius 3 is 2.37 bits per heavy atom. The molecule has 0 spiro atoms. The number of phenolic OH excluding ortho intramolecular Hbond substituents is 1. The summed E-state index contributed by atoms with van der Waals surface area (Å²) >= 11 is 0. The maximum Gasteiger partial charge on any atom is 0.336 e. The lowest BCUT2D eigenvalue weighted by molar-refractivity contribution is -0.143. The molecule has 17 nitrogen and oxygen atoms in total. The molecule has 5 atom stereocenters. The van der Waals surface area contributed by atoms with Gasteiger partial charge in [0.25, 0.3) is 0 Å². The Kier molecular flexibility index (Phi) is 12.7. The van der Waals surface area contributed by atoms with E-state index in [1.165, 1.54) is 29.2 Å². The first kappa shape index (κ1) is 42.7. The van der Waals surface area contributed by atoms with E-state index in [9.17, 15) is 38.7 Å². The van der Waals surface area contributed by atoms with Gasteiger partial charge in [-0.1, -0.05) is 36.9 Å². The number of nitrogens with zero attached hydrogens (tertiary/aromatic N) is 1. The number of aromatic hydroxyl groups is 1. The highest BCUT2D eigenvalue weighted by molar-refractivity contribution is 6.01. The molecule has 0 bridgehead atoms. The lowest BCUT2D eigenvalue weighted by Crippen LogP contribution is -2.59. The molecule has 9 N–H and O–H groups in total. The second-order valence-electron chi connectivity index (χ2n) is 15.8. The summed E-state index contributed by atoms with van der Waals surface area (Å²) in [6.45, 7) is 5.74. The van der Waals surface area contributed by atoms with Crippen molar-refractivity contribution in [3.05, 3.63) is 118 Å². The van der Waals surface area contributed by atoms with Crippen molar-refractivity contribution >= 4 is 63.0 Å². The number of aromatic nitrogens is 1. The molecule has 0 radical (unpaired) electrons. The predicted octanol–water partition coefficient (Wildman–Crippen LogP) is 2.30. The largest absolute Gasteiger partial charge is 0.508 e. The third kappa shape index (κ3) is 9.94. The van der Waals surface area contributed by atoms with Gasteiger partial charge in [0, 0.05) is 65.4 Å². The number of anilines is 1. The number of rotatable bonds is 15. The van der Waals surface area contributed by atoms with E-state index >= 15 is 0 Å². The molecule has 2 aliphatic heterocycles. The minimum Gasteiger partial charge on any atom is -0.508 e. The SMILES string of the molecule is C=C1CCC(C(=O)NC(CC(N)=O)C(=O)N2CCCC2C(=O)NC(Cc2ccc(O)cc2)C(=O)NC(Cc2c[nH]c3ccccc23)C(=O)Nc2ccc3c(C)cc(=O)oc3c2)N1. The smallest absolute Gasteiger partial charge is 0.336 e. The molecular formula is C45H48N8O9. The first-order valence-electron chi connectivity index (χ1n) is 20.3. The van der Waals surface area contributed by atoms with Crippen molar-refractivity contribution in [3.63, 3.8) is 0 Å². The van der Waals surface area contributed by atoms with Crippen molar-refractivity contribution in [3.8, 4) is 5.75 Å². The van der Waals surface area contributed by atoms with Gasteiger partial charge in [0.15, 0.2) is 0 Å². The number of nitrogens with two attached hydrogens (primary N) is 1. The molecule has 6 amide bonds. The van der Waals surface area contributed by atoms with E-state index in [0.29, 0.717) is 47.2 Å². The van der Waals surface area contributed by atoms with Crippen LogP contribution < -0.4 is 37.9 Å². The Hall–Kier alpha value is -7.43. The van der Waals surface area contributed by atoms with Gasteiger partial charge in [0.2, 0.25) is 35.4 Å². The quantitative estimate of drug-likeness (QED) is 0.0714. The highest BCUT2D eigenvalue weighted by Crippen LogP contribution is 2.24. The molecule has 2 fully saturated rings. The minimum atomic E-state index is -1.34. The van der Waals surface area contributed by atoms with Gasteiger partial charge in [0.1, 0.15) is 41.5 Å². The number of primary amides is 1. The summed E-state index contributed by atoms with van der Waals surface area (Å²) in [5.74, 6) is -4.01. The highest BCUT2D eigenvalue weighted by Gasteiger charge is 2.40. The molecule has 2 saturated heterocycles. The van der Waals surface area contributed by atoms with Crippen LogP contribution in [0, 0.1) is 6.92 Å². The Bertz CT molecular complexity index is 2620. The molecule has 62 heavy (non-hydrogen) atoms. The molecule has 2 aliphatic rings. The van der Waals surface area contributed by atoms with Gasteiger partial charge in [-0.05, 0) is 79.6 Å². The fourth-order valence-corrected chi connectivity index (χ4v) is 8.06. The predicted molar refractivity (Wildman–Crippen MR) is 229 cm³/mol. The van der Waals surface area contributed by atoms with Crippen molar-refractivity contribution in [2.24, 2.45) is 5.73 Å². The summed E-state index contributed by atoms with van der Waals surface area (Å²) < 4.78 is 5.39. The Morgan fingerprint density at radius 1 is 0.887 bits per heavy atom. The second kappa shape index (κ2) is 18.5. The number of aromatic amines is 1. The van der Waals surface area contributed by atoms with E-state index in [1.807, 2.05) is 24.3 Å². The number of carbonyl (C=O) groups is 6. The van der Waals surface area contributed by atoms with Crippen LogP contribution in [0.15, 0.2) is 100 Å². The van der Waals surface area contributed by atoms with Crippen LogP contribution in [0.4, 0.5) is 5.69 Å². The lowest BCUT2D eigenvalue weighted by atomic mass is 10.0. The van der Waals surface area contributed by atoms with Gasteiger partial charge in [0.05, 0.1) is 6.42 Å². The van der Waals surface area contributed by atoms with E-state index in [2.05, 4.69) is 38.1 Å². The summed E-state index contributed by atoms with van der Waals surface area (Å²) in [4.78, 5) is 98.7. The fourth-order valence-electron chi connectivity index (χ4n) is 8.06. The molecule has 0 aliphatic carbocycles. The normalized spacial score (nSPS) is 17.5. The molecule has 322 valence electrons. The molecule has 5 aromatic rings. The standard InChI is InChI=1S/C45H48N8O9/c1-24-18-40(56)62-38-21-28(12-15-30(24)38)49-42(58)35(20-27-23-47-32-7-4-3-6-31(27)32)50-43(59)34(19-26-10-13-29(54)14-11-26)51-44(60)37-8-5-17-53(37)45(61)36(22-39(46)55)52-41(57)33-16-9-25(2)48-33/h3-4,6-7,10-15,18,21,23,33-37,47-48,54H,2,5,8-9,16-17,19-20,22H2,1H3,(H2,46,55)(H,49,58)(H,50,59)(H,51,60)(H,52,57). The van der Waals surface area contributed by atoms with E-state index < -0.39 is 77.7 Å². The van der Waals surface area contributed by atoms with Gasteiger partial charge in [-0.25, -0.2) is 4.79 Å². The summed E-state index contributed by atoms with van der Waals surface area (Å²) in [6.07, 6.45) is 2.89. The molecule has 0 saturated carbocycles. The number of benzene rings is 3. The Balaban J connectivity index is 1.14. The number of hydrogen-bond acceptors (Lipinski definition) is 10. The summed E-state index contributed by atoms with van der Waals surface area (Å²) in [6, 6.07) is 14.3. The first-order chi connectivity index (χ1) is 29.7. The summed E-state index contributed by atoms with van der Waals surface area (Å²) in [5, 5.41) is 25.6. The zero-order valence-corrected chi connectivity index (χ0v) is 34.0. The molecular weight excluding hydrogens is 797 g/mol. The van der Waals surface area contributed by atoms with Crippen molar-refractivity contribution < 1.29 is 38.3 Å². The Labute approximate surface area is 355 Å². The number of nitrogens with one attached hydrogen (secondary N) is 6. The topological polar surface area (TPSA) is 258 Å². The van der Waals surface area contributed by atoms with Gasteiger partial charge < -0.3 is 51.7 Å². The number of hydrogen-bond donors (Lipinski definition) is 8. The van der Waals surface area contributed by atoms with E-state index in [4.69, 9.17) is 10.2 Å². The maximum absolute atomic E-state index is 14.5. The molecule has 2 aromatic heterocycles. The van der Waals surface area contributed by atoms with Crippen LogP contribution in [-0.2, 0) is 41.6 Å². The van der Waals surface area contributed by atoms with Gasteiger partial charge in [-0.2, -0.15) is 0 Å². The van der Waals surface area contributed by atoms with Crippen LogP contribution in [0.25, 0.3) is 21.9 Å². The van der Waals surface area contributed by atoms with Crippen LogP contribution >= 0.6 is 0 Å². The lowest BCUT2D eigenvalue weighted by Gasteiger charge is -2.30. The average molecular weight is 845 g/mol. The number of H-pyrrole nitrogens is 1. The molecule has 17 heteroatoms. The third-order valence-electron chi connectivity index (χ3n) is 11.2. The van der Waals surface area contributed by atoms with Crippen LogP contribution in [0.1, 0.15) is 48.8 Å². The number of amides is 6. The zero-order chi connectivity index (χ0) is 44.1. The molecule has 7 rings (SSSR count). The zero-order valence-electron chi connectivity index (χ0n) is 34.0. The Morgan fingerprint density at radius 2 is 1.63 bits per heavy atom. The van der Waals surface area contributed by atoms with Crippen molar-refractivity contribution in [1.82, 2.24) is 31.2 Å². The summed E-state index contributed by atoms with van der Waals surface area (Å²) in [7, 11) is 0. The number of fused-ring (bicyclic) bond motifs is 2. The highest BCUT2D eigenvalue weighted by atomic mass is 16.4. The van der Waals surface area contributed by atoms with Crippen LogP contribution in [0.5, 0.6) is 5.75 Å². The van der Waals surface area contributed by atoms with E-state index in [1.54, 1.807) is 37.4 Å². The molecule has 5 unspecified atom stereocenters. The molecule has 3 aromatic carbocycles. The number of allylic oxidation sites excluding steroid dienone is 1. The van der Waals surface area contributed by atoms with Gasteiger partial charge in [-0.3, -0.25) is 28.8 Å². The van der Waals surface area contributed by atoms with E-state index in [-0.39, 0.29) is 37.1 Å². The number of carbonyl (C=O) groups excluding carboxylic acids is 6.